The van der Waals surface area contributed by atoms with E-state index in [0.29, 0.717) is 0 Å². The molecule has 0 aliphatic rings. The lowest BCUT2D eigenvalue weighted by Gasteiger charge is -2.15. The first-order chi connectivity index (χ1) is 6.35. The van der Waals surface area contributed by atoms with Gasteiger partial charge >= 0.3 is 7.94 Å². The molecule has 0 spiro atoms. The zero-order chi connectivity index (χ0) is 11.2. The summed E-state index contributed by atoms with van der Waals surface area (Å²) in [6.07, 6.45) is 0.388. The molecule has 0 aliphatic heterocycles. The van der Waals surface area contributed by atoms with E-state index in [1.807, 2.05) is 0 Å². The van der Waals surface area contributed by atoms with Crippen LogP contribution in [-0.4, -0.2) is 46.5 Å². The van der Waals surface area contributed by atoms with E-state index in [1.165, 1.54) is 0 Å². The highest BCUT2D eigenvalue weighted by Gasteiger charge is 2.25. The van der Waals surface area contributed by atoms with E-state index >= 15 is 0 Å². The average molecular weight is 223 g/mol. The Morgan fingerprint density at radius 1 is 1.43 bits per heavy atom. The SMILES string of the molecule is [B]C(C)OC(/C=C/[P+](O)(O)O)COO. The van der Waals surface area contributed by atoms with Crippen LogP contribution in [0.4, 0.5) is 0 Å². The summed E-state index contributed by atoms with van der Waals surface area (Å²) in [6, 6.07) is -0.608. The first-order valence-corrected chi connectivity index (χ1v) is 5.50. The van der Waals surface area contributed by atoms with Crippen molar-refractivity contribution in [3.63, 3.8) is 0 Å². The van der Waals surface area contributed by atoms with Crippen LogP contribution in [0.2, 0.25) is 0 Å². The quantitative estimate of drug-likeness (QED) is 0.212. The van der Waals surface area contributed by atoms with Gasteiger partial charge in [-0.05, 0) is 13.0 Å². The molecule has 2 atom stereocenters. The van der Waals surface area contributed by atoms with Gasteiger partial charge in [0, 0.05) is 6.00 Å². The van der Waals surface area contributed by atoms with Crippen LogP contribution in [0.25, 0.3) is 0 Å². The zero-order valence-corrected chi connectivity index (χ0v) is 8.54. The summed E-state index contributed by atoms with van der Waals surface area (Å²) in [5, 5.41) is 8.15. The van der Waals surface area contributed by atoms with Crippen molar-refractivity contribution < 1.29 is 29.6 Å². The van der Waals surface area contributed by atoms with Crippen molar-refractivity contribution in [1.82, 2.24) is 0 Å². The Morgan fingerprint density at radius 3 is 2.36 bits per heavy atom. The van der Waals surface area contributed by atoms with E-state index in [-0.39, 0.29) is 6.61 Å². The fourth-order valence-corrected chi connectivity index (χ4v) is 1.12. The molecule has 6 nitrogen and oxygen atoms in total. The highest BCUT2D eigenvalue weighted by atomic mass is 31.2. The summed E-state index contributed by atoms with van der Waals surface area (Å²) >= 11 is 0. The van der Waals surface area contributed by atoms with Crippen LogP contribution >= 0.6 is 7.94 Å². The third-order valence-corrected chi connectivity index (χ3v) is 1.70. The third kappa shape index (κ3) is 8.59. The third-order valence-electron chi connectivity index (χ3n) is 1.13. The lowest BCUT2D eigenvalue weighted by Crippen LogP contribution is -2.22. The minimum absolute atomic E-state index is 0.224. The molecule has 0 aromatic carbocycles. The van der Waals surface area contributed by atoms with Crippen LogP contribution in [0.1, 0.15) is 6.92 Å². The molecule has 0 aromatic heterocycles. The molecule has 8 heteroatoms. The Labute approximate surface area is 83.7 Å². The molecule has 0 aliphatic carbocycles. The fraction of sp³-hybridized carbons (Fsp3) is 0.667. The molecular weight excluding hydrogens is 210 g/mol. The van der Waals surface area contributed by atoms with Crippen LogP contribution < -0.4 is 0 Å². The van der Waals surface area contributed by atoms with E-state index in [2.05, 4.69) is 4.89 Å². The van der Waals surface area contributed by atoms with Crippen molar-refractivity contribution in [2.75, 3.05) is 6.61 Å². The van der Waals surface area contributed by atoms with Gasteiger partial charge in [0.05, 0.1) is 0 Å². The predicted molar refractivity (Wildman–Crippen MR) is 51.4 cm³/mol. The summed E-state index contributed by atoms with van der Waals surface area (Å²) in [4.78, 5) is 29.6. The minimum atomic E-state index is -3.98. The van der Waals surface area contributed by atoms with E-state index < -0.39 is 20.1 Å². The minimum Gasteiger partial charge on any atom is -0.378 e. The summed E-state index contributed by atoms with van der Waals surface area (Å²) < 4.78 is 4.98. The summed E-state index contributed by atoms with van der Waals surface area (Å²) in [5.41, 5.74) is 0. The topological polar surface area (TPSA) is 99.4 Å². The van der Waals surface area contributed by atoms with Gasteiger partial charge in [0.1, 0.15) is 26.4 Å². The molecule has 0 saturated heterocycles. The Hall–Kier alpha value is -0.00506. The maximum absolute atomic E-state index is 8.61. The molecule has 14 heavy (non-hydrogen) atoms. The van der Waals surface area contributed by atoms with Crippen LogP contribution in [0.15, 0.2) is 11.9 Å². The molecule has 0 rings (SSSR count). The van der Waals surface area contributed by atoms with Crippen molar-refractivity contribution in [1.29, 1.82) is 0 Å². The van der Waals surface area contributed by atoms with Crippen molar-refractivity contribution in [3.8, 4) is 0 Å². The van der Waals surface area contributed by atoms with Crippen molar-refractivity contribution in [3.05, 3.63) is 11.9 Å². The zero-order valence-electron chi connectivity index (χ0n) is 7.65. The van der Waals surface area contributed by atoms with Gasteiger partial charge in [-0.3, -0.25) is 5.26 Å². The van der Waals surface area contributed by atoms with E-state index in [0.717, 1.165) is 11.9 Å². The second kappa shape index (κ2) is 6.47. The maximum atomic E-state index is 8.61. The van der Waals surface area contributed by atoms with Crippen molar-refractivity contribution >= 4 is 15.8 Å². The number of hydrogen-bond acceptors (Lipinski definition) is 6. The number of hydrogen-bond donors (Lipinski definition) is 4. The predicted octanol–water partition coefficient (Wildman–Crippen LogP) is -0.371. The van der Waals surface area contributed by atoms with Gasteiger partial charge in [-0.2, -0.15) is 14.7 Å². The summed E-state index contributed by atoms with van der Waals surface area (Å²) in [6.45, 7) is 1.33. The molecule has 4 N–H and O–H groups in total. The highest BCUT2D eigenvalue weighted by Crippen LogP contribution is 2.46. The highest BCUT2D eigenvalue weighted by molar-refractivity contribution is 7.61. The van der Waals surface area contributed by atoms with Gasteiger partial charge in [0.25, 0.3) is 0 Å². The molecule has 0 amide bonds. The van der Waals surface area contributed by atoms with E-state index in [4.69, 9.17) is 32.5 Å². The van der Waals surface area contributed by atoms with Gasteiger partial charge in [-0.1, -0.05) is 0 Å². The Kier molecular flexibility index (Phi) is 6.47. The second-order valence-corrected chi connectivity index (χ2v) is 4.16. The molecule has 0 aromatic rings. The van der Waals surface area contributed by atoms with E-state index in [9.17, 15) is 0 Å². The lowest BCUT2D eigenvalue weighted by atomic mass is 10.0. The monoisotopic (exact) mass is 223 g/mol. The molecular formula is C6H13BO6P+. The lowest BCUT2D eigenvalue weighted by molar-refractivity contribution is -0.256. The van der Waals surface area contributed by atoms with Gasteiger partial charge in [-0.15, -0.1) is 0 Å². The largest absolute Gasteiger partial charge is 0.433 e. The molecule has 2 radical (unpaired) electrons. The molecule has 0 heterocycles. The fourth-order valence-electron chi connectivity index (χ4n) is 0.701. The van der Waals surface area contributed by atoms with Crippen LogP contribution in [0, 0.1) is 0 Å². The first kappa shape index (κ1) is 14.0. The summed E-state index contributed by atoms with van der Waals surface area (Å²) in [7, 11) is 1.32. The summed E-state index contributed by atoms with van der Waals surface area (Å²) in [5.74, 6) is 0.777. The van der Waals surface area contributed by atoms with Gasteiger partial charge in [0.15, 0.2) is 0 Å². The van der Waals surface area contributed by atoms with Gasteiger partial charge in [-0.25, -0.2) is 4.89 Å². The van der Waals surface area contributed by atoms with Crippen molar-refractivity contribution in [2.45, 2.75) is 19.0 Å². The molecule has 0 saturated carbocycles. The van der Waals surface area contributed by atoms with E-state index in [1.54, 1.807) is 6.92 Å². The second-order valence-electron chi connectivity index (χ2n) is 2.63. The van der Waals surface area contributed by atoms with Crippen molar-refractivity contribution in [2.24, 2.45) is 0 Å². The normalized spacial score (nSPS) is 17.2. The average Bonchev–Trinajstić information content (AvgIpc) is 1.98. The smallest absolute Gasteiger partial charge is 0.378 e. The van der Waals surface area contributed by atoms with Crippen LogP contribution in [0.3, 0.4) is 0 Å². The van der Waals surface area contributed by atoms with Gasteiger partial charge < -0.3 is 4.74 Å². The Balaban J connectivity index is 4.15. The number of rotatable bonds is 6. The Morgan fingerprint density at radius 2 is 2.00 bits per heavy atom. The van der Waals surface area contributed by atoms with Crippen LogP contribution in [0.5, 0.6) is 0 Å². The molecule has 0 bridgehead atoms. The van der Waals surface area contributed by atoms with Crippen LogP contribution in [-0.2, 0) is 9.62 Å². The maximum Gasteiger partial charge on any atom is 0.433 e. The van der Waals surface area contributed by atoms with Gasteiger partial charge in [0.2, 0.25) is 0 Å². The molecule has 80 valence electrons. The Bertz CT molecular complexity index is 180. The first-order valence-electron chi connectivity index (χ1n) is 3.79. The molecule has 2 unspecified atom stereocenters. The standard InChI is InChI=1S/C6H12BO6P/c1-5(7)13-6(4-12-8)2-3-14(9,10)11/h2-3,5-6,9-11H,4H2,1H3/p+1/b3-2+. The number of ether oxygens (including phenoxy) is 1. The molecule has 0 fully saturated rings.